The van der Waals surface area contributed by atoms with Crippen molar-refractivity contribution in [2.24, 2.45) is 5.92 Å². The van der Waals surface area contributed by atoms with Gasteiger partial charge in [0.2, 0.25) is 5.91 Å². The van der Waals surface area contributed by atoms with Gasteiger partial charge in [0.1, 0.15) is 16.6 Å². The van der Waals surface area contributed by atoms with E-state index in [1.165, 1.54) is 16.2 Å². The molecule has 1 unspecified atom stereocenters. The maximum Gasteiger partial charge on any atom is 0.268 e. The molecule has 3 aromatic rings. The highest BCUT2D eigenvalue weighted by Crippen LogP contribution is 2.15. The second kappa shape index (κ2) is 8.57. The molecule has 0 saturated carbocycles. The summed E-state index contributed by atoms with van der Waals surface area (Å²) in [6.45, 7) is 5.85. The molecule has 29 heavy (non-hydrogen) atoms. The molecular formula is C21H24N4O3S. The third-order valence-electron chi connectivity index (χ3n) is 4.66. The lowest BCUT2D eigenvalue weighted by Crippen LogP contribution is -2.50. The van der Waals surface area contributed by atoms with Gasteiger partial charge in [-0.15, -0.1) is 11.3 Å². The molecule has 0 aliphatic carbocycles. The van der Waals surface area contributed by atoms with Gasteiger partial charge < -0.3 is 15.2 Å². The Morgan fingerprint density at radius 1 is 1.21 bits per heavy atom. The molecule has 0 aliphatic heterocycles. The number of carbonyl (C=O) groups excluding carboxylic acids is 2. The van der Waals surface area contributed by atoms with Crippen LogP contribution in [0, 0.1) is 12.8 Å². The summed E-state index contributed by atoms with van der Waals surface area (Å²) in [5, 5.41) is 4.64. The fourth-order valence-electron chi connectivity index (χ4n) is 2.98. The van der Waals surface area contributed by atoms with Crippen molar-refractivity contribution in [1.82, 2.24) is 20.2 Å². The number of nitrogens with one attached hydrogen (secondary N) is 2. The van der Waals surface area contributed by atoms with Crippen LogP contribution in [-0.4, -0.2) is 39.8 Å². The maximum atomic E-state index is 13.0. The molecule has 1 aromatic carbocycles. The second-order valence-corrected chi connectivity index (χ2v) is 8.32. The fourth-order valence-corrected chi connectivity index (χ4v) is 3.71. The number of hydrogen-bond acceptors (Lipinski definition) is 5. The van der Waals surface area contributed by atoms with Crippen molar-refractivity contribution < 1.29 is 9.59 Å². The van der Waals surface area contributed by atoms with E-state index in [-0.39, 0.29) is 29.8 Å². The van der Waals surface area contributed by atoms with Crippen LogP contribution in [0.15, 0.2) is 40.5 Å². The first kappa shape index (κ1) is 20.7. The van der Waals surface area contributed by atoms with Crippen molar-refractivity contribution in [3.8, 4) is 0 Å². The summed E-state index contributed by atoms with van der Waals surface area (Å²) in [5.41, 5.74) is 1.96. The molecule has 2 heterocycles. The van der Waals surface area contributed by atoms with Crippen LogP contribution in [0.1, 0.15) is 35.6 Å². The number of fused-ring (bicyclic) bond motifs is 1. The van der Waals surface area contributed by atoms with Crippen LogP contribution < -0.4 is 10.9 Å². The Morgan fingerprint density at radius 2 is 1.90 bits per heavy atom. The van der Waals surface area contributed by atoms with Gasteiger partial charge in [-0.2, -0.15) is 0 Å². The van der Waals surface area contributed by atoms with Gasteiger partial charge in [0.15, 0.2) is 0 Å². The smallest absolute Gasteiger partial charge is 0.268 e. The lowest BCUT2D eigenvalue weighted by Gasteiger charge is -2.27. The normalized spacial score (nSPS) is 12.2. The quantitative estimate of drug-likeness (QED) is 0.651. The van der Waals surface area contributed by atoms with Gasteiger partial charge in [-0.25, -0.2) is 4.98 Å². The van der Waals surface area contributed by atoms with E-state index in [0.717, 1.165) is 5.56 Å². The van der Waals surface area contributed by atoms with Gasteiger partial charge >= 0.3 is 0 Å². The third kappa shape index (κ3) is 4.71. The minimum atomic E-state index is -0.689. The monoisotopic (exact) mass is 412 g/mol. The molecule has 152 valence electrons. The zero-order chi connectivity index (χ0) is 21.1. The molecule has 0 aliphatic rings. The van der Waals surface area contributed by atoms with E-state index >= 15 is 0 Å². The first-order valence-corrected chi connectivity index (χ1v) is 10.2. The van der Waals surface area contributed by atoms with Gasteiger partial charge in [0.05, 0.1) is 12.1 Å². The number of aromatic nitrogens is 2. The number of thiophene rings is 1. The first-order chi connectivity index (χ1) is 13.8. The lowest BCUT2D eigenvalue weighted by atomic mass is 10.0. The highest BCUT2D eigenvalue weighted by molar-refractivity contribution is 7.17. The highest BCUT2D eigenvalue weighted by Gasteiger charge is 2.27. The van der Waals surface area contributed by atoms with Crippen molar-refractivity contribution in [3.05, 3.63) is 63.0 Å². The maximum absolute atomic E-state index is 13.0. The van der Waals surface area contributed by atoms with Crippen LogP contribution in [0.3, 0.4) is 0 Å². The van der Waals surface area contributed by atoms with Gasteiger partial charge in [-0.3, -0.25) is 14.4 Å². The van der Waals surface area contributed by atoms with E-state index in [4.69, 9.17) is 0 Å². The number of likely N-dealkylation sites (N-methyl/N-ethyl adjacent to an activating group) is 1. The Balaban J connectivity index is 1.74. The van der Waals surface area contributed by atoms with Crippen LogP contribution in [0.4, 0.5) is 0 Å². The summed E-state index contributed by atoms with van der Waals surface area (Å²) in [4.78, 5) is 46.3. The first-order valence-electron chi connectivity index (χ1n) is 9.35. The summed E-state index contributed by atoms with van der Waals surface area (Å²) < 4.78 is 0.563. The Morgan fingerprint density at radius 3 is 2.55 bits per heavy atom. The largest absolute Gasteiger partial charge is 0.340 e. The molecule has 0 radical (unpaired) electrons. The summed E-state index contributed by atoms with van der Waals surface area (Å²) in [7, 11) is 1.63. The Bertz CT molecular complexity index is 1090. The molecule has 8 heteroatoms. The van der Waals surface area contributed by atoms with E-state index < -0.39 is 6.04 Å². The van der Waals surface area contributed by atoms with Crippen molar-refractivity contribution in [1.29, 1.82) is 0 Å². The number of hydrogen-bond donors (Lipinski definition) is 2. The molecule has 2 amide bonds. The van der Waals surface area contributed by atoms with Crippen LogP contribution in [0.25, 0.3) is 10.2 Å². The summed E-state index contributed by atoms with van der Waals surface area (Å²) in [6.07, 6.45) is 0. The average Bonchev–Trinajstić information content (AvgIpc) is 3.14. The van der Waals surface area contributed by atoms with Gasteiger partial charge in [0, 0.05) is 12.6 Å². The predicted octanol–water partition coefficient (Wildman–Crippen LogP) is 2.71. The molecule has 2 aromatic heterocycles. The highest BCUT2D eigenvalue weighted by atomic mass is 32.1. The van der Waals surface area contributed by atoms with Crippen LogP contribution >= 0.6 is 11.3 Å². The van der Waals surface area contributed by atoms with Crippen molar-refractivity contribution in [2.75, 3.05) is 7.05 Å². The number of H-pyrrole nitrogens is 1. The molecule has 0 fully saturated rings. The fraction of sp³-hybridized carbons (Fsp3) is 0.333. The molecule has 7 nitrogen and oxygen atoms in total. The molecule has 0 spiro atoms. The summed E-state index contributed by atoms with van der Waals surface area (Å²) in [5.74, 6) is -0.236. The Kier molecular flexibility index (Phi) is 6.12. The van der Waals surface area contributed by atoms with Gasteiger partial charge in [0.25, 0.3) is 11.5 Å². The van der Waals surface area contributed by atoms with Gasteiger partial charge in [-0.05, 0) is 36.4 Å². The van der Waals surface area contributed by atoms with E-state index in [0.29, 0.717) is 21.6 Å². The Labute approximate surface area is 172 Å². The predicted molar refractivity (Wildman–Crippen MR) is 114 cm³/mol. The van der Waals surface area contributed by atoms with E-state index in [2.05, 4.69) is 15.3 Å². The third-order valence-corrected chi connectivity index (χ3v) is 5.56. The topological polar surface area (TPSA) is 95.2 Å². The molecular weight excluding hydrogens is 388 g/mol. The molecule has 0 saturated heterocycles. The standard InChI is InChI=1S/C21H24N4O3S/c1-12(2)17(24-19(26)14-7-5-13(3)6-8-14)21(28)25(4)11-16-22-15-9-10-29-18(15)20(27)23-16/h5-10,12,17H,11H2,1-4H3,(H,24,26)(H,22,23,27). The number of amides is 2. The van der Waals surface area contributed by atoms with E-state index in [1.54, 1.807) is 30.6 Å². The average molecular weight is 413 g/mol. The summed E-state index contributed by atoms with van der Waals surface area (Å²) in [6, 6.07) is 8.28. The number of nitrogens with zero attached hydrogens (tertiary/aromatic N) is 2. The molecule has 0 bridgehead atoms. The number of aryl methyl sites for hydroxylation is 1. The van der Waals surface area contributed by atoms with Crippen molar-refractivity contribution in [3.63, 3.8) is 0 Å². The zero-order valence-electron chi connectivity index (χ0n) is 16.9. The van der Waals surface area contributed by atoms with Crippen LogP contribution in [-0.2, 0) is 11.3 Å². The SMILES string of the molecule is Cc1ccc(C(=O)NC(C(=O)N(C)Cc2nc3ccsc3c(=O)[nH]2)C(C)C)cc1. The van der Waals surface area contributed by atoms with E-state index in [1.807, 2.05) is 32.9 Å². The van der Waals surface area contributed by atoms with Crippen LogP contribution in [0.2, 0.25) is 0 Å². The number of carbonyl (C=O) groups is 2. The van der Waals surface area contributed by atoms with E-state index in [9.17, 15) is 14.4 Å². The second-order valence-electron chi connectivity index (χ2n) is 7.40. The molecule has 2 N–H and O–H groups in total. The van der Waals surface area contributed by atoms with Crippen molar-refractivity contribution >= 4 is 33.4 Å². The van der Waals surface area contributed by atoms with Gasteiger partial charge in [-0.1, -0.05) is 31.5 Å². The number of aromatic amines is 1. The minimum Gasteiger partial charge on any atom is -0.340 e. The number of rotatable bonds is 6. The van der Waals surface area contributed by atoms with Crippen LogP contribution in [0.5, 0.6) is 0 Å². The summed E-state index contributed by atoms with van der Waals surface area (Å²) >= 11 is 1.33. The minimum absolute atomic E-state index is 0.106. The molecule has 3 rings (SSSR count). The zero-order valence-corrected chi connectivity index (χ0v) is 17.7. The molecule has 1 atom stereocenters. The number of benzene rings is 1. The Hall–Kier alpha value is -3.00. The lowest BCUT2D eigenvalue weighted by molar-refractivity contribution is -0.133. The van der Waals surface area contributed by atoms with Crippen molar-refractivity contribution in [2.45, 2.75) is 33.4 Å².